The molecule has 1 spiro atoms. The van der Waals surface area contributed by atoms with Gasteiger partial charge in [-0.05, 0) is 30.0 Å². The first-order chi connectivity index (χ1) is 13.9. The molecule has 1 aromatic heterocycles. The molecule has 10 heteroatoms. The highest BCUT2D eigenvalue weighted by Crippen LogP contribution is 2.34. The van der Waals surface area contributed by atoms with E-state index in [9.17, 15) is 14.4 Å². The summed E-state index contributed by atoms with van der Waals surface area (Å²) in [5, 5.41) is 16.4. The van der Waals surface area contributed by atoms with Crippen molar-refractivity contribution in [2.45, 2.75) is 32.2 Å². The molecule has 2 aliphatic heterocycles. The number of rotatable bonds is 4. The van der Waals surface area contributed by atoms with E-state index in [0.29, 0.717) is 49.4 Å². The van der Waals surface area contributed by atoms with Gasteiger partial charge in [0, 0.05) is 25.2 Å². The molecule has 29 heavy (non-hydrogen) atoms. The molecule has 0 radical (unpaired) electrons. The Morgan fingerprint density at radius 2 is 1.93 bits per heavy atom. The van der Waals surface area contributed by atoms with Crippen molar-refractivity contribution in [1.82, 2.24) is 35.7 Å². The first-order valence-electron chi connectivity index (χ1n) is 9.67. The maximum atomic E-state index is 13.2. The number of piperidine rings is 1. The maximum absolute atomic E-state index is 13.2. The number of hydrogen-bond acceptors (Lipinski definition) is 6. The van der Waals surface area contributed by atoms with E-state index in [1.165, 1.54) is 0 Å². The number of tetrazole rings is 1. The van der Waals surface area contributed by atoms with Crippen LogP contribution < -0.4 is 5.32 Å². The molecule has 4 rings (SSSR count). The highest BCUT2D eigenvalue weighted by atomic mass is 16.2. The van der Waals surface area contributed by atoms with Crippen molar-refractivity contribution in [3.8, 4) is 11.4 Å². The molecule has 152 valence electrons. The topological polar surface area (TPSA) is 124 Å². The Balaban J connectivity index is 1.54. The Morgan fingerprint density at radius 3 is 2.59 bits per heavy atom. The first-order valence-corrected chi connectivity index (χ1v) is 9.67. The van der Waals surface area contributed by atoms with Crippen LogP contribution in [-0.4, -0.2) is 73.4 Å². The molecule has 3 heterocycles. The normalized spacial score (nSPS) is 18.6. The summed E-state index contributed by atoms with van der Waals surface area (Å²) in [5.41, 5.74) is 0.211. The molecule has 0 aliphatic carbocycles. The fraction of sp³-hybridized carbons (Fsp3) is 0.474. The Hall–Kier alpha value is -3.30. The summed E-state index contributed by atoms with van der Waals surface area (Å²) in [6, 6.07) is 6.76. The monoisotopic (exact) mass is 397 g/mol. The summed E-state index contributed by atoms with van der Waals surface area (Å²) in [4.78, 5) is 41.4. The van der Waals surface area contributed by atoms with Crippen molar-refractivity contribution in [1.29, 1.82) is 0 Å². The second kappa shape index (κ2) is 7.26. The van der Waals surface area contributed by atoms with Gasteiger partial charge in [0.05, 0.1) is 5.56 Å². The third kappa shape index (κ3) is 3.24. The molecule has 10 nitrogen and oxygen atoms in total. The van der Waals surface area contributed by atoms with Gasteiger partial charge in [0.15, 0.2) is 0 Å². The highest BCUT2D eigenvalue weighted by molar-refractivity contribution is 6.07. The quantitative estimate of drug-likeness (QED) is 0.743. The van der Waals surface area contributed by atoms with E-state index in [4.69, 9.17) is 0 Å². The zero-order valence-electron chi connectivity index (χ0n) is 16.4. The average Bonchev–Trinajstić information content (AvgIpc) is 3.32. The molecule has 2 saturated heterocycles. The van der Waals surface area contributed by atoms with Crippen LogP contribution >= 0.6 is 0 Å². The van der Waals surface area contributed by atoms with Gasteiger partial charge >= 0.3 is 6.03 Å². The lowest BCUT2D eigenvalue weighted by atomic mass is 9.85. The van der Waals surface area contributed by atoms with Crippen LogP contribution in [0.4, 0.5) is 4.79 Å². The van der Waals surface area contributed by atoms with Gasteiger partial charge in [0.2, 0.25) is 5.82 Å². The number of H-pyrrole nitrogens is 1. The van der Waals surface area contributed by atoms with E-state index >= 15 is 0 Å². The standard InChI is InChI=1S/C19H23N7O3/c1-12(2)11-26-18(29)20-17(28)19(26)7-9-25(10-8-19)16(27)14-6-4-3-5-13(14)15-21-23-24-22-15/h3-6,12H,7-11H2,1-2H3,(H,20,28,29)(H,21,22,23,24). The Labute approximate surface area is 167 Å². The van der Waals surface area contributed by atoms with Crippen LogP contribution in [0.3, 0.4) is 0 Å². The van der Waals surface area contributed by atoms with Gasteiger partial charge in [-0.2, -0.15) is 5.21 Å². The van der Waals surface area contributed by atoms with Crippen molar-refractivity contribution in [3.63, 3.8) is 0 Å². The summed E-state index contributed by atoms with van der Waals surface area (Å²) in [6.07, 6.45) is 0.820. The molecule has 0 atom stereocenters. The van der Waals surface area contributed by atoms with Crippen LogP contribution in [0.25, 0.3) is 11.4 Å². The predicted octanol–water partition coefficient (Wildman–Crippen LogP) is 1.05. The van der Waals surface area contributed by atoms with Crippen molar-refractivity contribution < 1.29 is 14.4 Å². The summed E-state index contributed by atoms with van der Waals surface area (Å²) < 4.78 is 0. The number of benzene rings is 1. The Kier molecular flexibility index (Phi) is 4.77. The number of urea groups is 1. The second-order valence-corrected chi connectivity index (χ2v) is 7.87. The lowest BCUT2D eigenvalue weighted by Gasteiger charge is -2.42. The van der Waals surface area contributed by atoms with Gasteiger partial charge in [-0.15, -0.1) is 10.2 Å². The molecule has 0 unspecified atom stereocenters. The minimum Gasteiger partial charge on any atom is -0.338 e. The Morgan fingerprint density at radius 1 is 1.21 bits per heavy atom. The maximum Gasteiger partial charge on any atom is 0.325 e. The molecule has 2 fully saturated rings. The molecule has 2 aromatic rings. The van der Waals surface area contributed by atoms with Crippen molar-refractivity contribution in [3.05, 3.63) is 29.8 Å². The van der Waals surface area contributed by atoms with E-state index in [1.54, 1.807) is 28.0 Å². The number of hydrogen-bond donors (Lipinski definition) is 2. The Bertz CT molecular complexity index is 933. The van der Waals surface area contributed by atoms with Crippen molar-refractivity contribution in [2.75, 3.05) is 19.6 Å². The molecule has 0 saturated carbocycles. The number of imide groups is 1. The summed E-state index contributed by atoms with van der Waals surface area (Å²) >= 11 is 0. The second-order valence-electron chi connectivity index (χ2n) is 7.87. The van der Waals surface area contributed by atoms with E-state index in [-0.39, 0.29) is 23.8 Å². The molecular weight excluding hydrogens is 374 g/mol. The summed E-state index contributed by atoms with van der Waals surface area (Å²) in [7, 11) is 0. The van der Waals surface area contributed by atoms with Crippen molar-refractivity contribution in [2.24, 2.45) is 5.92 Å². The van der Waals surface area contributed by atoms with Crippen LogP contribution in [0.15, 0.2) is 24.3 Å². The van der Waals surface area contributed by atoms with Gasteiger partial charge in [-0.25, -0.2) is 4.79 Å². The van der Waals surface area contributed by atoms with E-state index < -0.39 is 5.54 Å². The molecular formula is C19H23N7O3. The number of amides is 4. The van der Waals surface area contributed by atoms with Crippen LogP contribution in [0.2, 0.25) is 0 Å². The number of carbonyl (C=O) groups excluding carboxylic acids is 3. The zero-order chi connectivity index (χ0) is 20.6. The van der Waals surface area contributed by atoms with Crippen LogP contribution in [-0.2, 0) is 4.79 Å². The number of nitrogens with one attached hydrogen (secondary N) is 2. The average molecular weight is 397 g/mol. The van der Waals surface area contributed by atoms with Gasteiger partial charge in [0.25, 0.3) is 11.8 Å². The SMILES string of the molecule is CC(C)CN1C(=O)NC(=O)C12CCN(C(=O)c1ccccc1-c1nn[nH]n1)CC2. The third-order valence-corrected chi connectivity index (χ3v) is 5.57. The number of nitrogens with zero attached hydrogens (tertiary/aromatic N) is 5. The fourth-order valence-electron chi connectivity index (χ4n) is 4.11. The van der Waals surface area contributed by atoms with Crippen LogP contribution in [0, 0.1) is 5.92 Å². The summed E-state index contributed by atoms with van der Waals surface area (Å²) in [6.45, 7) is 5.30. The van der Waals surface area contributed by atoms with Crippen LogP contribution in [0.5, 0.6) is 0 Å². The van der Waals surface area contributed by atoms with Gasteiger partial charge in [-0.3, -0.25) is 14.9 Å². The fourth-order valence-corrected chi connectivity index (χ4v) is 4.11. The molecule has 2 N–H and O–H groups in total. The molecule has 1 aromatic carbocycles. The third-order valence-electron chi connectivity index (χ3n) is 5.57. The van der Waals surface area contributed by atoms with Crippen molar-refractivity contribution >= 4 is 17.8 Å². The van der Waals surface area contributed by atoms with E-state index in [1.807, 2.05) is 19.9 Å². The summed E-state index contributed by atoms with van der Waals surface area (Å²) in [5.74, 6) is 0.180. The molecule has 4 amide bonds. The van der Waals surface area contributed by atoms with Gasteiger partial charge in [0.1, 0.15) is 5.54 Å². The van der Waals surface area contributed by atoms with Gasteiger partial charge in [-0.1, -0.05) is 32.0 Å². The molecule has 2 aliphatic rings. The highest BCUT2D eigenvalue weighted by Gasteiger charge is 2.54. The lowest BCUT2D eigenvalue weighted by Crippen LogP contribution is -2.58. The number of aromatic nitrogens is 4. The van der Waals surface area contributed by atoms with Gasteiger partial charge < -0.3 is 9.80 Å². The number of likely N-dealkylation sites (tertiary alicyclic amines) is 1. The predicted molar refractivity (Wildman–Crippen MR) is 103 cm³/mol. The number of carbonyl (C=O) groups is 3. The lowest BCUT2D eigenvalue weighted by molar-refractivity contribution is -0.129. The van der Waals surface area contributed by atoms with E-state index in [0.717, 1.165) is 0 Å². The number of aromatic amines is 1. The zero-order valence-corrected chi connectivity index (χ0v) is 16.4. The van der Waals surface area contributed by atoms with Crippen LogP contribution in [0.1, 0.15) is 37.0 Å². The molecule has 0 bridgehead atoms. The smallest absolute Gasteiger partial charge is 0.325 e. The minimum atomic E-state index is -0.870. The van der Waals surface area contributed by atoms with E-state index in [2.05, 4.69) is 25.9 Å². The largest absolute Gasteiger partial charge is 0.338 e. The first kappa shape index (κ1) is 19.0. The minimum absolute atomic E-state index is 0.152.